The lowest BCUT2D eigenvalue weighted by atomic mass is 10.0. The number of hydrogen-bond acceptors (Lipinski definition) is 5. The van der Waals surface area contributed by atoms with Gasteiger partial charge in [0, 0.05) is 30.4 Å². The highest BCUT2D eigenvalue weighted by atomic mass is 35.5. The number of pyridine rings is 2. The van der Waals surface area contributed by atoms with Gasteiger partial charge >= 0.3 is 0 Å². The molecule has 0 aliphatic carbocycles. The fourth-order valence-electron chi connectivity index (χ4n) is 3.27. The van der Waals surface area contributed by atoms with Crippen LogP contribution in [0.3, 0.4) is 0 Å². The standard InChI is InChI=1S/C21H19ClN4O3/c1-13(27)24-15-3-5-19(23-12-15)20-11-17(21(28)26-6-8-29-9-7-26)16-10-14(22)2-4-18(16)25-20/h2-5,10-12H,6-9H2,1H3,(H,24,27). The van der Waals surface area contributed by atoms with E-state index in [9.17, 15) is 9.59 Å². The van der Waals surface area contributed by atoms with Gasteiger partial charge in [0.05, 0.1) is 47.6 Å². The van der Waals surface area contributed by atoms with Gasteiger partial charge < -0.3 is 15.0 Å². The molecule has 1 saturated heterocycles. The second-order valence-electron chi connectivity index (χ2n) is 6.73. The zero-order valence-corrected chi connectivity index (χ0v) is 16.6. The molecule has 148 valence electrons. The van der Waals surface area contributed by atoms with Gasteiger partial charge in [-0.1, -0.05) is 11.6 Å². The number of carbonyl (C=O) groups is 2. The molecule has 1 fully saturated rings. The van der Waals surface area contributed by atoms with Crippen LogP contribution in [-0.2, 0) is 9.53 Å². The monoisotopic (exact) mass is 410 g/mol. The van der Waals surface area contributed by atoms with Crippen LogP contribution in [0.1, 0.15) is 17.3 Å². The highest BCUT2D eigenvalue weighted by Gasteiger charge is 2.22. The van der Waals surface area contributed by atoms with Crippen molar-refractivity contribution < 1.29 is 14.3 Å². The van der Waals surface area contributed by atoms with E-state index in [1.807, 2.05) is 0 Å². The Kier molecular flexibility index (Phi) is 5.42. The van der Waals surface area contributed by atoms with Crippen LogP contribution in [0.4, 0.5) is 5.69 Å². The smallest absolute Gasteiger partial charge is 0.254 e. The van der Waals surface area contributed by atoms with Crippen LogP contribution in [0.2, 0.25) is 5.02 Å². The van der Waals surface area contributed by atoms with Crippen LogP contribution in [-0.4, -0.2) is 53.0 Å². The predicted molar refractivity (Wildman–Crippen MR) is 111 cm³/mol. The number of nitrogens with one attached hydrogen (secondary N) is 1. The fraction of sp³-hybridized carbons (Fsp3) is 0.238. The highest BCUT2D eigenvalue weighted by molar-refractivity contribution is 6.31. The lowest BCUT2D eigenvalue weighted by molar-refractivity contribution is -0.114. The minimum atomic E-state index is -0.168. The predicted octanol–water partition coefficient (Wildman–Crippen LogP) is 3.38. The molecule has 2 amide bonds. The number of aromatic nitrogens is 2. The number of fused-ring (bicyclic) bond motifs is 1. The van der Waals surface area contributed by atoms with Crippen LogP contribution >= 0.6 is 11.6 Å². The number of rotatable bonds is 3. The molecule has 4 rings (SSSR count). The first kappa shape index (κ1) is 19.3. The number of nitrogens with zero attached hydrogens (tertiary/aromatic N) is 3. The summed E-state index contributed by atoms with van der Waals surface area (Å²) in [6, 6.07) is 10.6. The van der Waals surface area contributed by atoms with E-state index in [4.69, 9.17) is 16.3 Å². The van der Waals surface area contributed by atoms with Crippen LogP contribution in [0.15, 0.2) is 42.6 Å². The van der Waals surface area contributed by atoms with E-state index < -0.39 is 0 Å². The maximum Gasteiger partial charge on any atom is 0.254 e. The largest absolute Gasteiger partial charge is 0.378 e. The van der Waals surface area contributed by atoms with Gasteiger partial charge in [-0.15, -0.1) is 0 Å². The van der Waals surface area contributed by atoms with Gasteiger partial charge in [0.1, 0.15) is 0 Å². The molecule has 29 heavy (non-hydrogen) atoms. The molecule has 1 aliphatic heterocycles. The first-order chi connectivity index (χ1) is 14.0. The van der Waals surface area contributed by atoms with Crippen molar-refractivity contribution in [3.63, 3.8) is 0 Å². The second-order valence-corrected chi connectivity index (χ2v) is 7.17. The summed E-state index contributed by atoms with van der Waals surface area (Å²) < 4.78 is 5.36. The van der Waals surface area contributed by atoms with Crippen molar-refractivity contribution in [2.75, 3.05) is 31.6 Å². The molecule has 0 unspecified atom stereocenters. The van der Waals surface area contributed by atoms with Crippen molar-refractivity contribution in [1.82, 2.24) is 14.9 Å². The summed E-state index contributed by atoms with van der Waals surface area (Å²) in [5.74, 6) is -0.252. The maximum atomic E-state index is 13.2. The van der Waals surface area contributed by atoms with Crippen molar-refractivity contribution in [2.45, 2.75) is 6.92 Å². The van der Waals surface area contributed by atoms with E-state index in [0.717, 1.165) is 0 Å². The lowest BCUT2D eigenvalue weighted by Crippen LogP contribution is -2.40. The van der Waals surface area contributed by atoms with Crippen molar-refractivity contribution >= 4 is 40.0 Å². The van der Waals surface area contributed by atoms with E-state index in [1.54, 1.807) is 47.5 Å². The van der Waals surface area contributed by atoms with Crippen LogP contribution in [0.25, 0.3) is 22.3 Å². The van der Waals surface area contributed by atoms with E-state index in [1.165, 1.54) is 6.92 Å². The fourth-order valence-corrected chi connectivity index (χ4v) is 3.44. The third-order valence-corrected chi connectivity index (χ3v) is 4.88. The SMILES string of the molecule is CC(=O)Nc1ccc(-c2cc(C(=O)N3CCOCC3)c3cc(Cl)ccc3n2)nc1. The molecule has 0 radical (unpaired) electrons. The Balaban J connectivity index is 1.78. The topological polar surface area (TPSA) is 84.4 Å². The van der Waals surface area contributed by atoms with Crippen LogP contribution in [0, 0.1) is 0 Å². The Morgan fingerprint density at radius 2 is 1.90 bits per heavy atom. The maximum absolute atomic E-state index is 13.2. The third kappa shape index (κ3) is 4.21. The summed E-state index contributed by atoms with van der Waals surface area (Å²) in [6.45, 7) is 3.57. The molecule has 2 aromatic heterocycles. The first-order valence-electron chi connectivity index (χ1n) is 9.22. The minimum Gasteiger partial charge on any atom is -0.378 e. The second kappa shape index (κ2) is 8.14. The number of benzene rings is 1. The average molecular weight is 411 g/mol. The van der Waals surface area contributed by atoms with E-state index in [0.29, 0.717) is 64.9 Å². The van der Waals surface area contributed by atoms with Gasteiger partial charge in [0.15, 0.2) is 0 Å². The third-order valence-electron chi connectivity index (χ3n) is 4.65. The zero-order valence-electron chi connectivity index (χ0n) is 15.8. The average Bonchev–Trinajstić information content (AvgIpc) is 2.73. The molecule has 0 atom stereocenters. The number of morpholine rings is 1. The number of hydrogen-bond donors (Lipinski definition) is 1. The summed E-state index contributed by atoms with van der Waals surface area (Å²) in [5.41, 5.74) is 2.97. The number of ether oxygens (including phenoxy) is 1. The molecule has 3 aromatic rings. The summed E-state index contributed by atoms with van der Waals surface area (Å²) in [4.78, 5) is 35.2. The first-order valence-corrected chi connectivity index (χ1v) is 9.60. The van der Waals surface area contributed by atoms with Gasteiger partial charge in [-0.05, 0) is 36.4 Å². The van der Waals surface area contributed by atoms with E-state index >= 15 is 0 Å². The number of halogens is 1. The van der Waals surface area contributed by atoms with Crippen molar-refractivity contribution in [3.8, 4) is 11.4 Å². The van der Waals surface area contributed by atoms with Crippen molar-refractivity contribution in [1.29, 1.82) is 0 Å². The molecule has 1 aromatic carbocycles. The quantitative estimate of drug-likeness (QED) is 0.715. The normalized spacial score (nSPS) is 14.1. The van der Waals surface area contributed by atoms with Crippen molar-refractivity contribution in [3.05, 3.63) is 53.2 Å². The molecule has 0 saturated carbocycles. The Labute approximate surface area is 172 Å². The van der Waals surface area contributed by atoms with E-state index in [2.05, 4.69) is 15.3 Å². The molecule has 8 heteroatoms. The number of anilines is 1. The highest BCUT2D eigenvalue weighted by Crippen LogP contribution is 2.28. The Morgan fingerprint density at radius 1 is 1.10 bits per heavy atom. The van der Waals surface area contributed by atoms with E-state index in [-0.39, 0.29) is 11.8 Å². The molecule has 7 nitrogen and oxygen atoms in total. The van der Waals surface area contributed by atoms with Gasteiger partial charge in [0.25, 0.3) is 5.91 Å². The summed E-state index contributed by atoms with van der Waals surface area (Å²) in [7, 11) is 0. The van der Waals surface area contributed by atoms with Gasteiger partial charge in [-0.2, -0.15) is 0 Å². The molecular formula is C21H19ClN4O3. The van der Waals surface area contributed by atoms with Crippen LogP contribution in [0.5, 0.6) is 0 Å². The molecule has 1 N–H and O–H groups in total. The Hall–Kier alpha value is -3.03. The van der Waals surface area contributed by atoms with Crippen molar-refractivity contribution in [2.24, 2.45) is 0 Å². The summed E-state index contributed by atoms with van der Waals surface area (Å²) >= 11 is 6.18. The molecule has 0 bridgehead atoms. The summed E-state index contributed by atoms with van der Waals surface area (Å²) in [5, 5.41) is 3.93. The zero-order chi connectivity index (χ0) is 20.4. The Morgan fingerprint density at radius 3 is 2.59 bits per heavy atom. The van der Waals surface area contributed by atoms with Crippen LogP contribution < -0.4 is 5.32 Å². The van der Waals surface area contributed by atoms with Gasteiger partial charge in [-0.3, -0.25) is 14.6 Å². The lowest BCUT2D eigenvalue weighted by Gasteiger charge is -2.27. The number of carbonyl (C=O) groups excluding carboxylic acids is 2. The molecule has 3 heterocycles. The van der Waals surface area contributed by atoms with Gasteiger partial charge in [-0.25, -0.2) is 4.98 Å². The molecule has 1 aliphatic rings. The minimum absolute atomic E-state index is 0.0842. The Bertz CT molecular complexity index is 1080. The molecule has 0 spiro atoms. The molecular weight excluding hydrogens is 392 g/mol. The summed E-state index contributed by atoms with van der Waals surface area (Å²) in [6.07, 6.45) is 1.56. The van der Waals surface area contributed by atoms with Gasteiger partial charge in [0.2, 0.25) is 5.91 Å². The number of amides is 2.